The minimum atomic E-state index is -0.243. The summed E-state index contributed by atoms with van der Waals surface area (Å²) in [6.07, 6.45) is 0. The van der Waals surface area contributed by atoms with E-state index in [1.165, 1.54) is 17.4 Å². The number of aliphatic hydroxyl groups is 1. The van der Waals surface area contributed by atoms with E-state index in [1.54, 1.807) is 12.1 Å². The summed E-state index contributed by atoms with van der Waals surface area (Å²) in [7, 11) is 1.84. The third-order valence-corrected chi connectivity index (χ3v) is 4.12. The van der Waals surface area contributed by atoms with Gasteiger partial charge >= 0.3 is 0 Å². The van der Waals surface area contributed by atoms with Crippen LogP contribution in [0, 0.1) is 5.82 Å². The van der Waals surface area contributed by atoms with Crippen molar-refractivity contribution in [2.75, 3.05) is 20.2 Å². The number of thiazole rings is 1. The van der Waals surface area contributed by atoms with E-state index in [1.807, 2.05) is 17.3 Å². The number of hydrogen-bond acceptors (Lipinski definition) is 4. The van der Waals surface area contributed by atoms with E-state index in [2.05, 4.69) is 4.98 Å². The summed E-state index contributed by atoms with van der Waals surface area (Å²) in [5.41, 5.74) is 2.32. The van der Waals surface area contributed by atoms with Crippen LogP contribution in [0.3, 0.4) is 0 Å². The standard InChI is InChI=1S/C14H16ClFN2OS/c1-18(4-5-19)8-11-6-10(2-3-13(11)16)14-17-12(7-15)9-20-14/h2-3,6,9,19H,4-5,7-8H2,1H3. The van der Waals surface area contributed by atoms with Crippen LogP contribution in [0.1, 0.15) is 11.3 Å². The number of alkyl halides is 1. The zero-order chi connectivity index (χ0) is 14.5. The van der Waals surface area contributed by atoms with Crippen LogP contribution in [0.5, 0.6) is 0 Å². The molecule has 0 fully saturated rings. The molecule has 0 radical (unpaired) electrons. The first kappa shape index (κ1) is 15.4. The molecule has 1 aromatic heterocycles. The Morgan fingerprint density at radius 1 is 1.45 bits per heavy atom. The van der Waals surface area contributed by atoms with Crippen molar-refractivity contribution in [3.8, 4) is 10.6 Å². The van der Waals surface area contributed by atoms with Crippen LogP contribution in [-0.4, -0.2) is 35.2 Å². The zero-order valence-corrected chi connectivity index (χ0v) is 12.7. The van der Waals surface area contributed by atoms with E-state index in [0.29, 0.717) is 24.5 Å². The molecular formula is C14H16ClFN2OS. The fourth-order valence-corrected chi connectivity index (χ4v) is 2.92. The van der Waals surface area contributed by atoms with Gasteiger partial charge in [0, 0.05) is 29.6 Å². The van der Waals surface area contributed by atoms with E-state index in [9.17, 15) is 4.39 Å². The molecule has 0 aliphatic heterocycles. The molecule has 0 spiro atoms. The molecule has 0 unspecified atom stereocenters. The number of rotatable bonds is 6. The quantitative estimate of drug-likeness (QED) is 0.832. The molecule has 0 atom stereocenters. The minimum absolute atomic E-state index is 0.0589. The SMILES string of the molecule is CN(CCO)Cc1cc(-c2nc(CCl)cs2)ccc1F. The highest BCUT2D eigenvalue weighted by molar-refractivity contribution is 7.13. The Hall–Kier alpha value is -1.01. The van der Waals surface area contributed by atoms with Crippen LogP contribution in [0.25, 0.3) is 10.6 Å². The number of aromatic nitrogens is 1. The highest BCUT2D eigenvalue weighted by Crippen LogP contribution is 2.26. The smallest absolute Gasteiger partial charge is 0.127 e. The molecule has 1 N–H and O–H groups in total. The predicted octanol–water partition coefficient (Wildman–Crippen LogP) is 3.11. The molecule has 0 amide bonds. The van der Waals surface area contributed by atoms with E-state index in [0.717, 1.165) is 16.3 Å². The third kappa shape index (κ3) is 3.76. The lowest BCUT2D eigenvalue weighted by Gasteiger charge is -2.16. The van der Waals surface area contributed by atoms with E-state index in [4.69, 9.17) is 16.7 Å². The van der Waals surface area contributed by atoms with Gasteiger partial charge in [-0.2, -0.15) is 0 Å². The predicted molar refractivity (Wildman–Crippen MR) is 80.5 cm³/mol. The monoisotopic (exact) mass is 314 g/mol. The van der Waals surface area contributed by atoms with Gasteiger partial charge < -0.3 is 5.11 Å². The Morgan fingerprint density at radius 3 is 2.90 bits per heavy atom. The van der Waals surface area contributed by atoms with Gasteiger partial charge in [-0.15, -0.1) is 22.9 Å². The minimum Gasteiger partial charge on any atom is -0.395 e. The van der Waals surface area contributed by atoms with Gasteiger partial charge in [-0.1, -0.05) is 0 Å². The summed E-state index contributed by atoms with van der Waals surface area (Å²) < 4.78 is 13.8. The lowest BCUT2D eigenvalue weighted by Crippen LogP contribution is -2.22. The topological polar surface area (TPSA) is 36.4 Å². The molecule has 0 aliphatic rings. The normalized spacial score (nSPS) is 11.2. The molecule has 1 aromatic carbocycles. The van der Waals surface area contributed by atoms with Crippen molar-refractivity contribution < 1.29 is 9.50 Å². The van der Waals surface area contributed by atoms with Crippen molar-refractivity contribution in [1.82, 2.24) is 9.88 Å². The van der Waals surface area contributed by atoms with E-state index < -0.39 is 0 Å². The summed E-state index contributed by atoms with van der Waals surface area (Å²) in [4.78, 5) is 6.27. The van der Waals surface area contributed by atoms with Crippen LogP contribution in [0.4, 0.5) is 4.39 Å². The first-order valence-electron chi connectivity index (χ1n) is 6.22. The van der Waals surface area contributed by atoms with Gasteiger partial charge in [0.1, 0.15) is 10.8 Å². The molecule has 0 saturated carbocycles. The van der Waals surface area contributed by atoms with E-state index >= 15 is 0 Å². The number of nitrogens with zero attached hydrogens (tertiary/aromatic N) is 2. The Kier molecular flexibility index (Phi) is 5.48. The highest BCUT2D eigenvalue weighted by atomic mass is 35.5. The average molecular weight is 315 g/mol. The van der Waals surface area contributed by atoms with Crippen molar-refractivity contribution in [1.29, 1.82) is 0 Å². The molecule has 0 bridgehead atoms. The molecular weight excluding hydrogens is 299 g/mol. The summed E-state index contributed by atoms with van der Waals surface area (Å²) in [6.45, 7) is 1.02. The molecule has 6 heteroatoms. The van der Waals surface area contributed by atoms with Crippen LogP contribution in [0.15, 0.2) is 23.6 Å². The number of likely N-dealkylation sites (N-methyl/N-ethyl adjacent to an activating group) is 1. The Labute approximate surface area is 126 Å². The molecule has 108 valence electrons. The van der Waals surface area contributed by atoms with Crippen molar-refractivity contribution in [2.24, 2.45) is 0 Å². The Balaban J connectivity index is 2.23. The van der Waals surface area contributed by atoms with Crippen LogP contribution >= 0.6 is 22.9 Å². The van der Waals surface area contributed by atoms with Crippen molar-refractivity contribution in [3.63, 3.8) is 0 Å². The Morgan fingerprint density at radius 2 is 2.25 bits per heavy atom. The molecule has 20 heavy (non-hydrogen) atoms. The van der Waals surface area contributed by atoms with Gasteiger partial charge in [0.2, 0.25) is 0 Å². The van der Waals surface area contributed by atoms with E-state index in [-0.39, 0.29) is 12.4 Å². The summed E-state index contributed by atoms with van der Waals surface area (Å²) in [5.74, 6) is 0.136. The van der Waals surface area contributed by atoms with Crippen molar-refractivity contribution in [3.05, 3.63) is 40.7 Å². The lowest BCUT2D eigenvalue weighted by molar-refractivity contribution is 0.216. The van der Waals surface area contributed by atoms with Crippen molar-refractivity contribution in [2.45, 2.75) is 12.4 Å². The maximum atomic E-state index is 13.8. The average Bonchev–Trinajstić information content (AvgIpc) is 2.90. The maximum Gasteiger partial charge on any atom is 0.127 e. The number of hydrogen-bond donors (Lipinski definition) is 1. The number of aliphatic hydroxyl groups excluding tert-OH is 1. The summed E-state index contributed by atoms with van der Waals surface area (Å²) >= 11 is 7.24. The Bertz CT molecular complexity index is 576. The van der Waals surface area contributed by atoms with Crippen LogP contribution in [0.2, 0.25) is 0 Å². The van der Waals surface area contributed by atoms with Gasteiger partial charge in [0.25, 0.3) is 0 Å². The largest absolute Gasteiger partial charge is 0.395 e. The van der Waals surface area contributed by atoms with Gasteiger partial charge in [-0.05, 0) is 25.2 Å². The molecule has 3 nitrogen and oxygen atoms in total. The zero-order valence-electron chi connectivity index (χ0n) is 11.1. The fraction of sp³-hybridized carbons (Fsp3) is 0.357. The first-order valence-corrected chi connectivity index (χ1v) is 7.64. The second-order valence-electron chi connectivity index (χ2n) is 4.55. The number of benzene rings is 1. The van der Waals surface area contributed by atoms with Crippen LogP contribution < -0.4 is 0 Å². The third-order valence-electron chi connectivity index (χ3n) is 2.90. The molecule has 1 heterocycles. The number of halogens is 2. The summed E-state index contributed by atoms with van der Waals surface area (Å²) in [6, 6.07) is 4.99. The highest BCUT2D eigenvalue weighted by Gasteiger charge is 2.10. The molecule has 2 rings (SSSR count). The van der Waals surface area contributed by atoms with Gasteiger partial charge in [0.05, 0.1) is 18.2 Å². The van der Waals surface area contributed by atoms with Crippen molar-refractivity contribution >= 4 is 22.9 Å². The second-order valence-corrected chi connectivity index (χ2v) is 5.67. The second kappa shape index (κ2) is 7.13. The molecule has 0 saturated heterocycles. The van der Waals surface area contributed by atoms with Gasteiger partial charge in [-0.25, -0.2) is 9.37 Å². The fourth-order valence-electron chi connectivity index (χ4n) is 1.87. The van der Waals surface area contributed by atoms with Gasteiger partial charge in [0.15, 0.2) is 0 Å². The maximum absolute atomic E-state index is 13.8. The first-order chi connectivity index (χ1) is 9.63. The molecule has 0 aliphatic carbocycles. The summed E-state index contributed by atoms with van der Waals surface area (Å²) in [5, 5.41) is 11.6. The van der Waals surface area contributed by atoms with Gasteiger partial charge in [-0.3, -0.25) is 4.90 Å². The van der Waals surface area contributed by atoms with Crippen LogP contribution in [-0.2, 0) is 12.4 Å². The lowest BCUT2D eigenvalue weighted by atomic mass is 10.1. The molecule has 2 aromatic rings.